The summed E-state index contributed by atoms with van der Waals surface area (Å²) >= 11 is 6.37. The molecular weight excluding hydrogens is 588 g/mol. The van der Waals surface area contributed by atoms with Crippen molar-refractivity contribution in [3.8, 4) is 16.8 Å². The Labute approximate surface area is 267 Å². The molecule has 1 aliphatic rings. The van der Waals surface area contributed by atoms with Crippen molar-refractivity contribution in [1.82, 2.24) is 25.1 Å². The number of halogens is 1. The summed E-state index contributed by atoms with van der Waals surface area (Å²) in [5.74, 6) is 0.328. The number of carbonyl (C=O) groups excluding carboxylic acids is 1. The second-order valence-corrected chi connectivity index (χ2v) is 11.8. The molecule has 0 aliphatic carbocycles. The molecule has 0 N–H and O–H groups in total. The summed E-state index contributed by atoms with van der Waals surface area (Å²) in [4.78, 5) is 14.5. The van der Waals surface area contributed by atoms with E-state index in [1.54, 1.807) is 24.1 Å². The third-order valence-corrected chi connectivity index (χ3v) is 8.84. The number of carbonyl (C=O) groups is 1. The standard InChI is InChI=1S/C35H35ClN6O3/c1-45-19-16-35(43)40-17-14-26(15-18-40)27-8-5-9-28(21-27)31(20-25-6-3-2-4-7-25)34-12-10-29(23-42(34)44)32-22-30(36)11-13-33(32)41-24-37-38-39-41/h2-13,21-24,26,31H,14-20H2,1H3/t31-/m0/s1. The number of likely N-dealkylation sites (tertiary alicyclic amines) is 1. The number of hydrogen-bond acceptors (Lipinski definition) is 6. The second-order valence-electron chi connectivity index (χ2n) is 11.4. The summed E-state index contributed by atoms with van der Waals surface area (Å²) in [6.45, 7) is 1.93. The molecule has 0 unspecified atom stereocenters. The molecule has 1 saturated heterocycles. The van der Waals surface area contributed by atoms with E-state index in [4.69, 9.17) is 16.3 Å². The highest BCUT2D eigenvalue weighted by Crippen LogP contribution is 2.34. The molecule has 5 aromatic rings. The van der Waals surface area contributed by atoms with Gasteiger partial charge in [0.1, 0.15) is 6.33 Å². The molecule has 3 aromatic carbocycles. The van der Waals surface area contributed by atoms with E-state index in [2.05, 4.69) is 51.9 Å². The van der Waals surface area contributed by atoms with Crippen LogP contribution < -0.4 is 4.73 Å². The Balaban J connectivity index is 1.31. The Morgan fingerprint density at radius 2 is 1.87 bits per heavy atom. The van der Waals surface area contributed by atoms with Gasteiger partial charge in [0.25, 0.3) is 0 Å². The fourth-order valence-electron chi connectivity index (χ4n) is 6.21. The number of piperidine rings is 1. The molecule has 0 saturated carbocycles. The Bertz CT molecular complexity index is 1740. The van der Waals surface area contributed by atoms with Crippen molar-refractivity contribution in [3.05, 3.63) is 130 Å². The number of hydrogen-bond donors (Lipinski definition) is 0. The number of benzene rings is 3. The number of methoxy groups -OCH3 is 1. The first-order valence-electron chi connectivity index (χ1n) is 15.2. The van der Waals surface area contributed by atoms with Crippen LogP contribution in [0.2, 0.25) is 5.02 Å². The fourth-order valence-corrected chi connectivity index (χ4v) is 6.39. The normalized spacial score (nSPS) is 14.4. The first-order valence-corrected chi connectivity index (χ1v) is 15.5. The highest BCUT2D eigenvalue weighted by atomic mass is 35.5. The maximum atomic E-state index is 13.9. The molecule has 0 spiro atoms. The minimum absolute atomic E-state index is 0.151. The van der Waals surface area contributed by atoms with Crippen molar-refractivity contribution in [1.29, 1.82) is 0 Å². The lowest BCUT2D eigenvalue weighted by molar-refractivity contribution is -0.614. The number of aromatic nitrogens is 5. The van der Waals surface area contributed by atoms with Gasteiger partial charge in [-0.3, -0.25) is 4.79 Å². The van der Waals surface area contributed by atoms with E-state index in [1.165, 1.54) is 11.9 Å². The monoisotopic (exact) mass is 622 g/mol. The summed E-state index contributed by atoms with van der Waals surface area (Å²) in [5.41, 5.74) is 6.32. The van der Waals surface area contributed by atoms with Crippen LogP contribution in [-0.2, 0) is 16.0 Å². The first-order chi connectivity index (χ1) is 22.0. The number of rotatable bonds is 10. The van der Waals surface area contributed by atoms with Gasteiger partial charge in [0.15, 0.2) is 6.20 Å². The molecule has 3 heterocycles. The predicted octanol–water partition coefficient (Wildman–Crippen LogP) is 5.73. The van der Waals surface area contributed by atoms with Gasteiger partial charge in [-0.2, -0.15) is 9.41 Å². The molecule has 10 heteroatoms. The lowest BCUT2D eigenvalue weighted by atomic mass is 9.84. The number of pyridine rings is 1. The lowest BCUT2D eigenvalue weighted by Gasteiger charge is -2.32. The van der Waals surface area contributed by atoms with Crippen LogP contribution in [0.3, 0.4) is 0 Å². The van der Waals surface area contributed by atoms with Crippen LogP contribution in [0.15, 0.2) is 97.5 Å². The van der Waals surface area contributed by atoms with E-state index in [1.807, 2.05) is 47.4 Å². The van der Waals surface area contributed by atoms with Crippen molar-refractivity contribution in [3.63, 3.8) is 0 Å². The zero-order valence-electron chi connectivity index (χ0n) is 25.1. The third-order valence-electron chi connectivity index (χ3n) is 8.60. The SMILES string of the molecule is COCCC(=O)N1CCC(c2cccc([C@H](Cc3ccccc3)c3ccc(-c4cc(Cl)ccc4-n4cnnn4)c[n+]3[O-])c2)CC1. The van der Waals surface area contributed by atoms with Crippen molar-refractivity contribution in [2.24, 2.45) is 0 Å². The topological polar surface area (TPSA) is 100 Å². The summed E-state index contributed by atoms with van der Waals surface area (Å²) in [5, 5.41) is 25.9. The van der Waals surface area contributed by atoms with E-state index >= 15 is 0 Å². The summed E-state index contributed by atoms with van der Waals surface area (Å²) in [6.07, 6.45) is 6.02. The highest BCUT2D eigenvalue weighted by Gasteiger charge is 2.27. The molecule has 0 radical (unpaired) electrons. The fraction of sp³-hybridized carbons (Fsp3) is 0.286. The van der Waals surface area contributed by atoms with Gasteiger partial charge in [-0.15, -0.1) is 5.10 Å². The number of tetrazole rings is 1. The Hall–Kier alpha value is -4.60. The minimum Gasteiger partial charge on any atom is -0.618 e. The Morgan fingerprint density at radius 3 is 2.60 bits per heavy atom. The van der Waals surface area contributed by atoms with Crippen LogP contribution in [0, 0.1) is 5.21 Å². The average molecular weight is 623 g/mol. The van der Waals surface area contributed by atoms with E-state index in [-0.39, 0.29) is 11.8 Å². The van der Waals surface area contributed by atoms with Gasteiger partial charge in [0.2, 0.25) is 11.6 Å². The maximum absolute atomic E-state index is 13.9. The zero-order valence-corrected chi connectivity index (χ0v) is 25.9. The van der Waals surface area contributed by atoms with E-state index in [9.17, 15) is 10.0 Å². The lowest BCUT2D eigenvalue weighted by Crippen LogP contribution is -2.38. The van der Waals surface area contributed by atoms with Crippen LogP contribution in [-0.4, -0.2) is 57.8 Å². The first kappa shape index (κ1) is 30.4. The van der Waals surface area contributed by atoms with Crippen LogP contribution in [0.1, 0.15) is 53.5 Å². The molecule has 1 fully saturated rings. The Kier molecular flexibility index (Phi) is 9.47. The molecule has 1 aliphatic heterocycles. The van der Waals surface area contributed by atoms with E-state index in [0.717, 1.165) is 53.0 Å². The minimum atomic E-state index is -0.173. The van der Waals surface area contributed by atoms with Gasteiger partial charge < -0.3 is 14.8 Å². The van der Waals surface area contributed by atoms with Gasteiger partial charge >= 0.3 is 0 Å². The van der Waals surface area contributed by atoms with E-state index < -0.39 is 0 Å². The number of amides is 1. The maximum Gasteiger partial charge on any atom is 0.224 e. The van der Waals surface area contributed by atoms with Gasteiger partial charge in [-0.05, 0) is 76.6 Å². The Morgan fingerprint density at radius 1 is 1.04 bits per heavy atom. The van der Waals surface area contributed by atoms with Gasteiger partial charge in [-0.25, -0.2) is 0 Å². The van der Waals surface area contributed by atoms with Gasteiger partial charge in [-0.1, -0.05) is 66.2 Å². The molecule has 6 rings (SSSR count). The molecular formula is C35H35ClN6O3. The van der Waals surface area contributed by atoms with Crippen LogP contribution in [0.4, 0.5) is 0 Å². The molecule has 230 valence electrons. The van der Waals surface area contributed by atoms with Crippen molar-refractivity contribution in [2.45, 2.75) is 37.5 Å². The van der Waals surface area contributed by atoms with Crippen molar-refractivity contribution in [2.75, 3.05) is 26.8 Å². The van der Waals surface area contributed by atoms with Gasteiger partial charge in [0.05, 0.1) is 24.6 Å². The molecule has 1 amide bonds. The van der Waals surface area contributed by atoms with Crippen LogP contribution >= 0.6 is 11.6 Å². The second kappa shape index (κ2) is 14.0. The van der Waals surface area contributed by atoms with Crippen molar-refractivity contribution >= 4 is 17.5 Å². The van der Waals surface area contributed by atoms with E-state index in [0.29, 0.717) is 41.6 Å². The number of nitrogens with zero attached hydrogens (tertiary/aromatic N) is 6. The quantitative estimate of drug-likeness (QED) is 0.146. The average Bonchev–Trinajstić information content (AvgIpc) is 3.62. The van der Waals surface area contributed by atoms with Crippen LogP contribution in [0.25, 0.3) is 16.8 Å². The summed E-state index contributed by atoms with van der Waals surface area (Å²) in [6, 6.07) is 28.2. The summed E-state index contributed by atoms with van der Waals surface area (Å²) < 4.78 is 7.62. The molecule has 1 atom stereocenters. The molecule has 9 nitrogen and oxygen atoms in total. The molecule has 2 aromatic heterocycles. The van der Waals surface area contributed by atoms with Gasteiger partial charge in [0, 0.05) is 42.4 Å². The third kappa shape index (κ3) is 7.05. The van der Waals surface area contributed by atoms with Crippen molar-refractivity contribution < 1.29 is 14.3 Å². The zero-order chi connectivity index (χ0) is 31.2. The molecule has 0 bridgehead atoms. The summed E-state index contributed by atoms with van der Waals surface area (Å²) in [7, 11) is 1.62. The molecule has 45 heavy (non-hydrogen) atoms. The smallest absolute Gasteiger partial charge is 0.224 e. The highest BCUT2D eigenvalue weighted by molar-refractivity contribution is 6.31. The largest absolute Gasteiger partial charge is 0.618 e. The van der Waals surface area contributed by atoms with Crippen LogP contribution in [0.5, 0.6) is 0 Å². The predicted molar refractivity (Wildman–Crippen MR) is 172 cm³/mol. The number of ether oxygens (including phenoxy) is 1.